The van der Waals surface area contributed by atoms with Crippen LogP contribution in [0.4, 0.5) is 8.78 Å². The first-order chi connectivity index (χ1) is 6.18. The molecule has 2 rings (SSSR count). The van der Waals surface area contributed by atoms with Crippen LogP contribution in [0.25, 0.3) is 0 Å². The maximum Gasteiger partial charge on any atom is 0.264 e. The van der Waals surface area contributed by atoms with Crippen molar-refractivity contribution in [2.24, 2.45) is 0 Å². The van der Waals surface area contributed by atoms with Crippen molar-refractivity contribution < 1.29 is 23.4 Å². The molecule has 5 heteroatoms. The van der Waals surface area contributed by atoms with Crippen molar-refractivity contribution in [3.63, 3.8) is 0 Å². The van der Waals surface area contributed by atoms with Gasteiger partial charge in [0.2, 0.25) is 12.5 Å². The second kappa shape index (κ2) is 2.76. The summed E-state index contributed by atoms with van der Waals surface area (Å²) < 4.78 is 34.1. The van der Waals surface area contributed by atoms with Gasteiger partial charge < -0.3 is 14.6 Å². The molecule has 0 fully saturated rings. The summed E-state index contributed by atoms with van der Waals surface area (Å²) in [5.74, 6) is -0.0231. The minimum Gasteiger partial charge on any atom is -0.504 e. The van der Waals surface area contributed by atoms with E-state index >= 15 is 0 Å². The van der Waals surface area contributed by atoms with E-state index in [1.807, 2.05) is 0 Å². The van der Waals surface area contributed by atoms with Crippen LogP contribution in [-0.2, 0) is 0 Å². The van der Waals surface area contributed by atoms with Crippen molar-refractivity contribution >= 4 is 0 Å². The second-order valence-corrected chi connectivity index (χ2v) is 2.57. The van der Waals surface area contributed by atoms with Gasteiger partial charge in [-0.1, -0.05) is 0 Å². The van der Waals surface area contributed by atoms with E-state index in [4.69, 9.17) is 9.47 Å². The fourth-order valence-electron chi connectivity index (χ4n) is 1.14. The number of phenolic OH excluding ortho intramolecular Hbond substituents is 1. The Morgan fingerprint density at radius 1 is 1.31 bits per heavy atom. The van der Waals surface area contributed by atoms with Gasteiger partial charge in [0, 0.05) is 5.56 Å². The van der Waals surface area contributed by atoms with Gasteiger partial charge in [-0.3, -0.25) is 0 Å². The molecular weight excluding hydrogens is 182 g/mol. The highest BCUT2D eigenvalue weighted by molar-refractivity contribution is 5.54. The number of hydrogen-bond acceptors (Lipinski definition) is 3. The summed E-state index contributed by atoms with van der Waals surface area (Å²) in [4.78, 5) is 0. The SMILES string of the molecule is Oc1cc(C(F)F)cc2c1OCO2. The smallest absolute Gasteiger partial charge is 0.264 e. The lowest BCUT2D eigenvalue weighted by Gasteiger charge is -2.03. The Labute approximate surface area is 72.5 Å². The molecule has 0 saturated carbocycles. The van der Waals surface area contributed by atoms with E-state index in [0.29, 0.717) is 0 Å². The number of rotatable bonds is 1. The average Bonchev–Trinajstić information content (AvgIpc) is 2.51. The maximum atomic E-state index is 12.2. The normalized spacial score (nSPS) is 13.8. The van der Waals surface area contributed by atoms with Gasteiger partial charge in [0.1, 0.15) is 0 Å². The lowest BCUT2D eigenvalue weighted by atomic mass is 10.2. The van der Waals surface area contributed by atoms with Gasteiger partial charge in [-0.15, -0.1) is 0 Å². The molecule has 1 N–H and O–H groups in total. The minimum absolute atomic E-state index is 0.0460. The van der Waals surface area contributed by atoms with E-state index in [0.717, 1.165) is 12.1 Å². The Hall–Kier alpha value is -1.52. The number of halogens is 2. The Morgan fingerprint density at radius 2 is 2.08 bits per heavy atom. The number of alkyl halides is 2. The summed E-state index contributed by atoms with van der Waals surface area (Å²) >= 11 is 0. The molecule has 13 heavy (non-hydrogen) atoms. The van der Waals surface area contributed by atoms with Gasteiger partial charge in [0.25, 0.3) is 6.43 Å². The fraction of sp³-hybridized carbons (Fsp3) is 0.250. The molecule has 0 aliphatic carbocycles. The van der Waals surface area contributed by atoms with Crippen LogP contribution in [0.1, 0.15) is 12.0 Å². The van der Waals surface area contributed by atoms with E-state index in [-0.39, 0.29) is 29.6 Å². The number of benzene rings is 1. The summed E-state index contributed by atoms with van der Waals surface area (Å²) in [6.07, 6.45) is -2.62. The van der Waals surface area contributed by atoms with Gasteiger partial charge in [0.15, 0.2) is 11.5 Å². The summed E-state index contributed by atoms with van der Waals surface area (Å²) in [6, 6.07) is 2.13. The summed E-state index contributed by atoms with van der Waals surface area (Å²) in [7, 11) is 0. The molecule has 1 heterocycles. The largest absolute Gasteiger partial charge is 0.504 e. The van der Waals surface area contributed by atoms with Gasteiger partial charge in [-0.2, -0.15) is 0 Å². The Morgan fingerprint density at radius 3 is 2.77 bits per heavy atom. The molecule has 0 saturated heterocycles. The molecular formula is C8H6F2O3. The summed E-state index contributed by atoms with van der Waals surface area (Å²) in [6.45, 7) is -0.0460. The van der Waals surface area contributed by atoms with Crippen LogP contribution in [-0.4, -0.2) is 11.9 Å². The van der Waals surface area contributed by atoms with Crippen LogP contribution in [0.3, 0.4) is 0 Å². The van der Waals surface area contributed by atoms with Gasteiger partial charge in [0.05, 0.1) is 0 Å². The second-order valence-electron chi connectivity index (χ2n) is 2.57. The number of hydrogen-bond donors (Lipinski definition) is 1. The Bertz CT molecular complexity index is 338. The fourth-order valence-corrected chi connectivity index (χ4v) is 1.14. The molecule has 0 bridgehead atoms. The molecule has 1 aliphatic rings. The quantitative estimate of drug-likeness (QED) is 0.733. The molecule has 0 aromatic heterocycles. The van der Waals surface area contributed by atoms with Crippen LogP contribution in [0.5, 0.6) is 17.2 Å². The van der Waals surface area contributed by atoms with E-state index in [9.17, 15) is 13.9 Å². The number of phenols is 1. The summed E-state index contributed by atoms with van der Waals surface area (Å²) in [5, 5.41) is 9.22. The molecule has 1 aromatic rings. The highest BCUT2D eigenvalue weighted by atomic mass is 19.3. The van der Waals surface area contributed by atoms with Crippen molar-refractivity contribution in [2.75, 3.05) is 6.79 Å². The van der Waals surface area contributed by atoms with Crippen molar-refractivity contribution in [1.82, 2.24) is 0 Å². The van der Waals surface area contributed by atoms with Gasteiger partial charge >= 0.3 is 0 Å². The van der Waals surface area contributed by atoms with Crippen molar-refractivity contribution in [2.45, 2.75) is 6.43 Å². The predicted octanol–water partition coefficient (Wildman–Crippen LogP) is 2.06. The Kier molecular flexibility index (Phi) is 1.72. The Balaban J connectivity index is 2.49. The lowest BCUT2D eigenvalue weighted by Crippen LogP contribution is -1.93. The zero-order valence-corrected chi connectivity index (χ0v) is 6.46. The molecule has 1 aromatic carbocycles. The molecule has 0 atom stereocenters. The molecule has 0 amide bonds. The van der Waals surface area contributed by atoms with Gasteiger partial charge in [-0.05, 0) is 12.1 Å². The predicted molar refractivity (Wildman–Crippen MR) is 39.2 cm³/mol. The first kappa shape index (κ1) is 8.10. The molecule has 1 aliphatic heterocycles. The zero-order chi connectivity index (χ0) is 9.42. The number of fused-ring (bicyclic) bond motifs is 1. The van der Waals surface area contributed by atoms with Crippen LogP contribution >= 0.6 is 0 Å². The number of aromatic hydroxyl groups is 1. The third-order valence-electron chi connectivity index (χ3n) is 1.73. The third-order valence-corrected chi connectivity index (χ3v) is 1.73. The first-order valence-electron chi connectivity index (χ1n) is 3.59. The van der Waals surface area contributed by atoms with Crippen molar-refractivity contribution in [3.8, 4) is 17.2 Å². The van der Waals surface area contributed by atoms with E-state index in [1.54, 1.807) is 0 Å². The standard InChI is InChI=1S/C8H6F2O3/c9-8(10)4-1-5(11)7-6(2-4)12-3-13-7/h1-2,8,11H,3H2. The van der Waals surface area contributed by atoms with Crippen molar-refractivity contribution in [3.05, 3.63) is 17.7 Å². The van der Waals surface area contributed by atoms with E-state index < -0.39 is 6.43 Å². The average molecular weight is 188 g/mol. The van der Waals surface area contributed by atoms with Crippen LogP contribution in [0.2, 0.25) is 0 Å². The van der Waals surface area contributed by atoms with Gasteiger partial charge in [-0.25, -0.2) is 8.78 Å². The summed E-state index contributed by atoms with van der Waals surface area (Å²) in [5.41, 5.74) is -0.276. The third kappa shape index (κ3) is 1.26. The molecule has 70 valence electrons. The monoisotopic (exact) mass is 188 g/mol. The van der Waals surface area contributed by atoms with Crippen LogP contribution < -0.4 is 9.47 Å². The van der Waals surface area contributed by atoms with Crippen LogP contribution in [0, 0.1) is 0 Å². The highest BCUT2D eigenvalue weighted by Gasteiger charge is 2.21. The van der Waals surface area contributed by atoms with Crippen molar-refractivity contribution in [1.29, 1.82) is 0 Å². The lowest BCUT2D eigenvalue weighted by molar-refractivity contribution is 0.150. The molecule has 3 nitrogen and oxygen atoms in total. The zero-order valence-electron chi connectivity index (χ0n) is 6.46. The molecule has 0 unspecified atom stereocenters. The minimum atomic E-state index is -2.62. The number of ether oxygens (including phenoxy) is 2. The first-order valence-corrected chi connectivity index (χ1v) is 3.59. The van der Waals surface area contributed by atoms with E-state index in [2.05, 4.69) is 0 Å². The van der Waals surface area contributed by atoms with Crippen LogP contribution in [0.15, 0.2) is 12.1 Å². The molecule has 0 spiro atoms. The highest BCUT2D eigenvalue weighted by Crippen LogP contribution is 2.42. The molecule has 0 radical (unpaired) electrons. The topological polar surface area (TPSA) is 38.7 Å². The van der Waals surface area contributed by atoms with E-state index in [1.165, 1.54) is 0 Å². The maximum absolute atomic E-state index is 12.2.